The minimum atomic E-state index is -0.534. The van der Waals surface area contributed by atoms with Gasteiger partial charge in [-0.1, -0.05) is 18.2 Å². The number of halogens is 2. The number of nitro groups is 1. The lowest BCUT2D eigenvalue weighted by molar-refractivity contribution is -0.385. The van der Waals surface area contributed by atoms with Crippen LogP contribution in [0.2, 0.25) is 0 Å². The molecule has 5 nitrogen and oxygen atoms in total. The minimum absolute atomic E-state index is 0.0283. The highest BCUT2D eigenvalue weighted by molar-refractivity contribution is 5.40. The van der Waals surface area contributed by atoms with Crippen molar-refractivity contribution in [3.8, 4) is 0 Å². The fourth-order valence-electron chi connectivity index (χ4n) is 3.93. The number of aromatic nitrogens is 1. The van der Waals surface area contributed by atoms with E-state index >= 15 is 0 Å². The summed E-state index contributed by atoms with van der Waals surface area (Å²) in [6.07, 6.45) is 2.73. The summed E-state index contributed by atoms with van der Waals surface area (Å²) < 4.78 is 30.7. The first-order chi connectivity index (χ1) is 13.5. The maximum Gasteiger partial charge on any atom is 0.273 e. The molecule has 2 aromatic carbocycles. The highest BCUT2D eigenvalue weighted by atomic mass is 19.1. The number of rotatable bonds is 4. The summed E-state index contributed by atoms with van der Waals surface area (Å²) in [5.74, 6) is -1.00. The van der Waals surface area contributed by atoms with Crippen LogP contribution in [0.3, 0.4) is 0 Å². The van der Waals surface area contributed by atoms with Crippen molar-refractivity contribution >= 4 is 5.69 Å². The Bertz CT molecular complexity index is 1020. The second-order valence-electron chi connectivity index (χ2n) is 6.90. The smallest absolute Gasteiger partial charge is 0.273 e. The zero-order valence-electron chi connectivity index (χ0n) is 15.1. The van der Waals surface area contributed by atoms with Crippen molar-refractivity contribution in [2.75, 3.05) is 6.54 Å². The Labute approximate surface area is 161 Å². The van der Waals surface area contributed by atoms with E-state index < -0.39 is 22.6 Å². The number of para-hydroxylation sites is 1. The summed E-state index contributed by atoms with van der Waals surface area (Å²) in [6, 6.07) is 13.2. The van der Waals surface area contributed by atoms with Crippen LogP contribution in [0.5, 0.6) is 0 Å². The van der Waals surface area contributed by atoms with Crippen LogP contribution in [0.1, 0.15) is 29.3 Å². The Kier molecular flexibility index (Phi) is 4.92. The van der Waals surface area contributed by atoms with Crippen LogP contribution in [0.25, 0.3) is 0 Å². The fraction of sp³-hybridized carbons (Fsp3) is 0.238. The van der Waals surface area contributed by atoms with Gasteiger partial charge in [-0.2, -0.15) is 0 Å². The zero-order valence-corrected chi connectivity index (χ0v) is 15.1. The molecule has 3 aromatic rings. The summed E-state index contributed by atoms with van der Waals surface area (Å²) >= 11 is 0. The van der Waals surface area contributed by atoms with Crippen LogP contribution in [-0.4, -0.2) is 20.9 Å². The van der Waals surface area contributed by atoms with Gasteiger partial charge in [-0.25, -0.2) is 8.78 Å². The number of hydrogen-bond donors (Lipinski definition) is 0. The van der Waals surface area contributed by atoms with Gasteiger partial charge in [-0.05, 0) is 36.8 Å². The van der Waals surface area contributed by atoms with E-state index in [1.54, 1.807) is 18.2 Å². The summed E-state index contributed by atoms with van der Waals surface area (Å²) in [7, 11) is 0. The van der Waals surface area contributed by atoms with Gasteiger partial charge in [0.2, 0.25) is 0 Å². The van der Waals surface area contributed by atoms with Gasteiger partial charge in [-0.3, -0.25) is 15.0 Å². The molecule has 7 heteroatoms. The number of nitro benzene ring substituents is 1. The van der Waals surface area contributed by atoms with Crippen LogP contribution >= 0.6 is 0 Å². The summed E-state index contributed by atoms with van der Waals surface area (Å²) in [6.45, 7) is 1.63. The number of benzene rings is 2. The normalized spacial score (nSPS) is 17.1. The molecule has 0 aliphatic carbocycles. The zero-order chi connectivity index (χ0) is 19.7. The van der Waals surface area contributed by atoms with Crippen molar-refractivity contribution in [2.45, 2.75) is 25.6 Å². The Hall–Kier alpha value is -3.06. The van der Waals surface area contributed by atoms with Crippen molar-refractivity contribution in [2.24, 2.45) is 0 Å². The molecule has 0 fully saturated rings. The van der Waals surface area contributed by atoms with E-state index in [0.717, 1.165) is 30.8 Å². The van der Waals surface area contributed by atoms with E-state index in [-0.39, 0.29) is 17.8 Å². The first-order valence-electron chi connectivity index (χ1n) is 9.11. The Morgan fingerprint density at radius 2 is 1.89 bits per heavy atom. The molecule has 4 rings (SSSR count). The SMILES string of the molecule is O=[N+]([O-])c1ccccc1CN1CCCn2cccc2C1c1cc(F)ccc1F. The van der Waals surface area contributed by atoms with Crippen molar-refractivity contribution in [3.05, 3.63) is 99.4 Å². The summed E-state index contributed by atoms with van der Waals surface area (Å²) in [4.78, 5) is 13.0. The van der Waals surface area contributed by atoms with Gasteiger partial charge < -0.3 is 4.57 Å². The molecule has 1 aliphatic rings. The van der Waals surface area contributed by atoms with E-state index in [1.807, 2.05) is 27.8 Å². The molecule has 0 saturated carbocycles. The standard InChI is InChI=1S/C21H19F2N3O2/c22-16-8-9-18(23)17(13-16)21-20-7-3-10-24(20)11-4-12-25(21)14-15-5-1-2-6-19(15)26(27)28/h1-3,5-10,13,21H,4,11-12,14H2. The van der Waals surface area contributed by atoms with E-state index in [4.69, 9.17) is 0 Å². The topological polar surface area (TPSA) is 51.3 Å². The Morgan fingerprint density at radius 1 is 1.07 bits per heavy atom. The van der Waals surface area contributed by atoms with Crippen molar-refractivity contribution in [1.29, 1.82) is 0 Å². The molecule has 0 N–H and O–H groups in total. The fourth-order valence-corrected chi connectivity index (χ4v) is 3.93. The van der Waals surface area contributed by atoms with Gasteiger partial charge in [0, 0.05) is 48.7 Å². The van der Waals surface area contributed by atoms with E-state index in [0.29, 0.717) is 12.1 Å². The maximum atomic E-state index is 14.7. The molecular weight excluding hydrogens is 364 g/mol. The first kappa shape index (κ1) is 18.3. The van der Waals surface area contributed by atoms with Crippen LogP contribution in [0, 0.1) is 21.7 Å². The molecule has 0 saturated heterocycles. The van der Waals surface area contributed by atoms with E-state index in [9.17, 15) is 18.9 Å². The lowest BCUT2D eigenvalue weighted by Gasteiger charge is -2.30. The van der Waals surface area contributed by atoms with Gasteiger partial charge in [0.25, 0.3) is 5.69 Å². The quantitative estimate of drug-likeness (QED) is 0.486. The molecule has 0 radical (unpaired) electrons. The third-order valence-corrected chi connectivity index (χ3v) is 5.17. The van der Waals surface area contributed by atoms with E-state index in [2.05, 4.69) is 0 Å². The third-order valence-electron chi connectivity index (χ3n) is 5.17. The minimum Gasteiger partial charge on any atom is -0.350 e. The van der Waals surface area contributed by atoms with Crippen LogP contribution in [-0.2, 0) is 13.1 Å². The Morgan fingerprint density at radius 3 is 2.71 bits per heavy atom. The average Bonchev–Trinajstić information content (AvgIpc) is 3.06. The highest BCUT2D eigenvalue weighted by Crippen LogP contribution is 2.35. The van der Waals surface area contributed by atoms with Gasteiger partial charge in [-0.15, -0.1) is 0 Å². The molecule has 1 unspecified atom stereocenters. The number of nitrogens with zero attached hydrogens (tertiary/aromatic N) is 3. The largest absolute Gasteiger partial charge is 0.350 e. The lowest BCUT2D eigenvalue weighted by Crippen LogP contribution is -2.30. The molecule has 144 valence electrons. The average molecular weight is 383 g/mol. The monoisotopic (exact) mass is 383 g/mol. The molecule has 0 amide bonds. The second kappa shape index (κ2) is 7.52. The molecular formula is C21H19F2N3O2. The van der Waals surface area contributed by atoms with Crippen LogP contribution < -0.4 is 0 Å². The van der Waals surface area contributed by atoms with Crippen molar-refractivity contribution < 1.29 is 13.7 Å². The molecule has 28 heavy (non-hydrogen) atoms. The van der Waals surface area contributed by atoms with Gasteiger partial charge in [0.05, 0.1) is 11.0 Å². The third kappa shape index (κ3) is 3.41. The predicted octanol–water partition coefficient (Wildman–Crippen LogP) is 4.67. The van der Waals surface area contributed by atoms with Gasteiger partial charge in [0.1, 0.15) is 11.6 Å². The molecule has 1 atom stereocenters. The molecule has 0 spiro atoms. The highest BCUT2D eigenvalue weighted by Gasteiger charge is 2.31. The molecule has 0 bridgehead atoms. The van der Waals surface area contributed by atoms with Crippen molar-refractivity contribution in [3.63, 3.8) is 0 Å². The van der Waals surface area contributed by atoms with Crippen molar-refractivity contribution in [1.82, 2.24) is 9.47 Å². The maximum absolute atomic E-state index is 14.7. The van der Waals surface area contributed by atoms with Crippen LogP contribution in [0.4, 0.5) is 14.5 Å². The van der Waals surface area contributed by atoms with Crippen LogP contribution in [0.15, 0.2) is 60.8 Å². The van der Waals surface area contributed by atoms with E-state index in [1.165, 1.54) is 12.1 Å². The summed E-state index contributed by atoms with van der Waals surface area (Å²) in [5, 5.41) is 11.4. The van der Waals surface area contributed by atoms with Gasteiger partial charge >= 0.3 is 0 Å². The van der Waals surface area contributed by atoms with Gasteiger partial charge in [0.15, 0.2) is 0 Å². The lowest BCUT2D eigenvalue weighted by atomic mass is 10.00. The number of hydrogen-bond acceptors (Lipinski definition) is 3. The molecule has 1 aromatic heterocycles. The Balaban J connectivity index is 1.81. The second-order valence-corrected chi connectivity index (χ2v) is 6.90. The first-order valence-corrected chi connectivity index (χ1v) is 9.11. The summed E-state index contributed by atoms with van der Waals surface area (Å²) in [5.41, 5.74) is 1.66. The molecule has 2 heterocycles. The predicted molar refractivity (Wildman–Crippen MR) is 101 cm³/mol. The number of aryl methyl sites for hydroxylation is 1. The molecule has 1 aliphatic heterocycles. The number of fused-ring (bicyclic) bond motifs is 1.